The lowest BCUT2D eigenvalue weighted by Gasteiger charge is -2.06. The summed E-state index contributed by atoms with van der Waals surface area (Å²) in [6.45, 7) is 1.15. The van der Waals surface area contributed by atoms with E-state index in [0.29, 0.717) is 0 Å². The molecule has 0 radical (unpaired) electrons. The van der Waals surface area contributed by atoms with E-state index in [4.69, 9.17) is 5.11 Å². The van der Waals surface area contributed by atoms with Gasteiger partial charge in [-0.05, 0) is 18.9 Å². The Balaban J connectivity index is 2.34. The van der Waals surface area contributed by atoms with Crippen LogP contribution in [0.3, 0.4) is 0 Å². The predicted molar refractivity (Wildman–Crippen MR) is 58.6 cm³/mol. The molecule has 0 saturated heterocycles. The monoisotopic (exact) mass is 195 g/mol. The number of anilines is 2. The van der Waals surface area contributed by atoms with E-state index in [-0.39, 0.29) is 6.61 Å². The molecule has 0 unspecified atom stereocenters. The molecule has 0 aliphatic rings. The van der Waals surface area contributed by atoms with E-state index in [9.17, 15) is 0 Å². The van der Waals surface area contributed by atoms with E-state index in [1.807, 2.05) is 19.2 Å². The van der Waals surface area contributed by atoms with Gasteiger partial charge in [-0.2, -0.15) is 0 Å². The van der Waals surface area contributed by atoms with Crippen molar-refractivity contribution in [1.29, 1.82) is 0 Å². The number of aliphatic hydroxyl groups is 1. The van der Waals surface area contributed by atoms with Gasteiger partial charge in [0.15, 0.2) is 0 Å². The van der Waals surface area contributed by atoms with Crippen LogP contribution in [0.15, 0.2) is 18.3 Å². The van der Waals surface area contributed by atoms with Crippen LogP contribution in [0.2, 0.25) is 0 Å². The lowest BCUT2D eigenvalue weighted by molar-refractivity contribution is 0.286. The molecular formula is C10H17N3O. The van der Waals surface area contributed by atoms with Gasteiger partial charge in [-0.25, -0.2) is 4.98 Å². The molecule has 14 heavy (non-hydrogen) atoms. The number of aliphatic hydroxyl groups excluding tert-OH is 1. The van der Waals surface area contributed by atoms with Crippen LogP contribution in [0.4, 0.5) is 11.5 Å². The second-order valence-electron chi connectivity index (χ2n) is 3.04. The van der Waals surface area contributed by atoms with Crippen molar-refractivity contribution in [3.8, 4) is 0 Å². The molecule has 0 amide bonds. The molecule has 4 nitrogen and oxygen atoms in total. The van der Waals surface area contributed by atoms with E-state index < -0.39 is 0 Å². The van der Waals surface area contributed by atoms with Gasteiger partial charge < -0.3 is 15.7 Å². The molecule has 3 N–H and O–H groups in total. The highest BCUT2D eigenvalue weighted by Crippen LogP contribution is 2.10. The predicted octanol–water partition coefficient (Wildman–Crippen LogP) is 1.31. The summed E-state index contributed by atoms with van der Waals surface area (Å²) in [5.41, 5.74) is 1.06. The Hall–Kier alpha value is -1.29. The lowest BCUT2D eigenvalue weighted by Crippen LogP contribution is -2.03. The normalized spacial score (nSPS) is 9.86. The average molecular weight is 195 g/mol. The molecule has 0 spiro atoms. The van der Waals surface area contributed by atoms with Gasteiger partial charge in [0.05, 0.1) is 0 Å². The van der Waals surface area contributed by atoms with Gasteiger partial charge in [0.25, 0.3) is 0 Å². The quantitative estimate of drug-likeness (QED) is 0.599. The summed E-state index contributed by atoms with van der Waals surface area (Å²) in [5, 5.41) is 14.8. The Morgan fingerprint density at radius 1 is 1.43 bits per heavy atom. The van der Waals surface area contributed by atoms with E-state index in [2.05, 4.69) is 15.6 Å². The molecule has 0 aromatic carbocycles. The highest BCUT2D eigenvalue weighted by atomic mass is 16.2. The molecule has 0 bridgehead atoms. The number of nitrogens with zero attached hydrogens (tertiary/aromatic N) is 1. The minimum Gasteiger partial charge on any atom is -0.396 e. The number of pyridine rings is 1. The first-order chi connectivity index (χ1) is 6.86. The van der Waals surface area contributed by atoms with E-state index >= 15 is 0 Å². The van der Waals surface area contributed by atoms with Crippen molar-refractivity contribution in [1.82, 2.24) is 4.98 Å². The first-order valence-electron chi connectivity index (χ1n) is 4.85. The zero-order valence-electron chi connectivity index (χ0n) is 8.45. The fraction of sp³-hybridized carbons (Fsp3) is 0.500. The SMILES string of the molecule is CNc1cc(NCCCCO)ccn1. The minimum absolute atomic E-state index is 0.264. The summed E-state index contributed by atoms with van der Waals surface area (Å²) in [6, 6.07) is 3.89. The second kappa shape index (κ2) is 6.21. The van der Waals surface area contributed by atoms with Crippen LogP contribution < -0.4 is 10.6 Å². The third kappa shape index (κ3) is 3.62. The number of hydrogen-bond donors (Lipinski definition) is 3. The van der Waals surface area contributed by atoms with Gasteiger partial charge in [0.1, 0.15) is 5.82 Å². The lowest BCUT2D eigenvalue weighted by atomic mass is 10.3. The van der Waals surface area contributed by atoms with Crippen molar-refractivity contribution in [2.75, 3.05) is 30.8 Å². The topological polar surface area (TPSA) is 57.2 Å². The maximum Gasteiger partial charge on any atom is 0.127 e. The third-order valence-electron chi connectivity index (χ3n) is 1.93. The second-order valence-corrected chi connectivity index (χ2v) is 3.04. The van der Waals surface area contributed by atoms with Gasteiger partial charge in [-0.3, -0.25) is 0 Å². The van der Waals surface area contributed by atoms with Crippen LogP contribution in [0.25, 0.3) is 0 Å². The summed E-state index contributed by atoms with van der Waals surface area (Å²) in [7, 11) is 1.85. The average Bonchev–Trinajstić information content (AvgIpc) is 2.25. The van der Waals surface area contributed by atoms with Gasteiger partial charge in [-0.15, -0.1) is 0 Å². The van der Waals surface area contributed by atoms with Crippen LogP contribution in [0, 0.1) is 0 Å². The highest BCUT2D eigenvalue weighted by Gasteiger charge is 1.93. The molecule has 1 heterocycles. The van der Waals surface area contributed by atoms with Crippen molar-refractivity contribution in [3.63, 3.8) is 0 Å². The van der Waals surface area contributed by atoms with E-state index in [0.717, 1.165) is 30.9 Å². The molecule has 0 atom stereocenters. The molecule has 78 valence electrons. The van der Waals surface area contributed by atoms with Gasteiger partial charge in [0.2, 0.25) is 0 Å². The molecule has 1 aromatic rings. The largest absolute Gasteiger partial charge is 0.396 e. The Morgan fingerprint density at radius 2 is 2.29 bits per heavy atom. The summed E-state index contributed by atoms with van der Waals surface area (Å²) in [6.07, 6.45) is 3.59. The summed E-state index contributed by atoms with van der Waals surface area (Å²) >= 11 is 0. The highest BCUT2D eigenvalue weighted by molar-refractivity contribution is 5.51. The smallest absolute Gasteiger partial charge is 0.127 e. The standard InChI is InChI=1S/C10H17N3O/c1-11-10-8-9(4-6-13-10)12-5-2-3-7-14/h4,6,8,14H,2-3,5,7H2,1H3,(H2,11,12,13). The van der Waals surface area contributed by atoms with Crippen LogP contribution in [-0.4, -0.2) is 30.3 Å². The number of rotatable bonds is 6. The van der Waals surface area contributed by atoms with Gasteiger partial charge in [0, 0.05) is 38.1 Å². The van der Waals surface area contributed by atoms with E-state index in [1.54, 1.807) is 6.20 Å². The molecule has 1 rings (SSSR count). The van der Waals surface area contributed by atoms with Gasteiger partial charge >= 0.3 is 0 Å². The number of aromatic nitrogens is 1. The Morgan fingerprint density at radius 3 is 3.00 bits per heavy atom. The Kier molecular flexibility index (Phi) is 4.78. The zero-order chi connectivity index (χ0) is 10.2. The fourth-order valence-electron chi connectivity index (χ4n) is 1.15. The van der Waals surface area contributed by atoms with Crippen molar-refractivity contribution >= 4 is 11.5 Å². The van der Waals surface area contributed by atoms with Crippen LogP contribution in [0.5, 0.6) is 0 Å². The first-order valence-corrected chi connectivity index (χ1v) is 4.85. The number of unbranched alkanes of at least 4 members (excludes halogenated alkanes) is 1. The first kappa shape index (κ1) is 10.8. The maximum absolute atomic E-state index is 8.60. The Bertz CT molecular complexity index is 265. The van der Waals surface area contributed by atoms with Gasteiger partial charge in [-0.1, -0.05) is 0 Å². The molecular weight excluding hydrogens is 178 g/mol. The fourth-order valence-corrected chi connectivity index (χ4v) is 1.15. The molecule has 0 fully saturated rings. The molecule has 1 aromatic heterocycles. The molecule has 0 aliphatic heterocycles. The third-order valence-corrected chi connectivity index (χ3v) is 1.93. The minimum atomic E-state index is 0.264. The molecule has 0 saturated carbocycles. The number of nitrogens with one attached hydrogen (secondary N) is 2. The van der Waals surface area contributed by atoms with Crippen molar-refractivity contribution in [2.45, 2.75) is 12.8 Å². The van der Waals surface area contributed by atoms with Crippen molar-refractivity contribution < 1.29 is 5.11 Å². The van der Waals surface area contributed by atoms with Crippen LogP contribution >= 0.6 is 0 Å². The van der Waals surface area contributed by atoms with Crippen LogP contribution in [-0.2, 0) is 0 Å². The maximum atomic E-state index is 8.60. The number of hydrogen-bond acceptors (Lipinski definition) is 4. The summed E-state index contributed by atoms with van der Waals surface area (Å²) in [5.74, 6) is 0.858. The summed E-state index contributed by atoms with van der Waals surface area (Å²) < 4.78 is 0. The molecule has 0 aliphatic carbocycles. The van der Waals surface area contributed by atoms with Crippen molar-refractivity contribution in [2.24, 2.45) is 0 Å². The van der Waals surface area contributed by atoms with Crippen LogP contribution in [0.1, 0.15) is 12.8 Å². The molecule has 4 heteroatoms. The summed E-state index contributed by atoms with van der Waals surface area (Å²) in [4.78, 5) is 4.11. The van der Waals surface area contributed by atoms with Crippen molar-refractivity contribution in [3.05, 3.63) is 18.3 Å². The Labute approximate surface area is 84.4 Å². The van der Waals surface area contributed by atoms with E-state index in [1.165, 1.54) is 0 Å². The zero-order valence-corrected chi connectivity index (χ0v) is 8.45.